The van der Waals surface area contributed by atoms with Crippen molar-refractivity contribution in [3.05, 3.63) is 71.3 Å². The number of carbonyl (C=O) groups excluding carboxylic acids is 1. The summed E-state index contributed by atoms with van der Waals surface area (Å²) >= 11 is 0. The van der Waals surface area contributed by atoms with Crippen molar-refractivity contribution in [2.24, 2.45) is 5.92 Å². The van der Waals surface area contributed by atoms with Crippen LogP contribution in [0.4, 0.5) is 0 Å². The van der Waals surface area contributed by atoms with Gasteiger partial charge in [-0.3, -0.25) is 4.79 Å². The van der Waals surface area contributed by atoms with Gasteiger partial charge in [0, 0.05) is 12.5 Å². The third-order valence-electron chi connectivity index (χ3n) is 4.03. The molecule has 2 nitrogen and oxygen atoms in total. The molecule has 2 aromatic rings. The molecule has 0 spiro atoms. The Labute approximate surface area is 119 Å². The zero-order valence-electron chi connectivity index (χ0n) is 11.5. The summed E-state index contributed by atoms with van der Waals surface area (Å²) in [6.07, 6.45) is 2.72. The lowest BCUT2D eigenvalue weighted by Crippen LogP contribution is -2.29. The van der Waals surface area contributed by atoms with Crippen LogP contribution in [0.2, 0.25) is 0 Å². The third kappa shape index (κ3) is 2.90. The summed E-state index contributed by atoms with van der Waals surface area (Å²) in [5, 5.41) is 3.05. The fourth-order valence-electron chi connectivity index (χ4n) is 2.83. The molecule has 1 unspecified atom stereocenters. The molecule has 0 radical (unpaired) electrons. The van der Waals surface area contributed by atoms with Crippen LogP contribution in [0.1, 0.15) is 23.1 Å². The molecular formula is C18H19NO. The Hall–Kier alpha value is -2.09. The Morgan fingerprint density at radius 1 is 0.950 bits per heavy atom. The highest BCUT2D eigenvalue weighted by Crippen LogP contribution is 2.21. The van der Waals surface area contributed by atoms with Crippen LogP contribution >= 0.6 is 0 Å². The Bertz CT molecular complexity index is 591. The molecule has 0 aromatic heterocycles. The van der Waals surface area contributed by atoms with Gasteiger partial charge in [0.05, 0.1) is 0 Å². The van der Waals surface area contributed by atoms with Crippen LogP contribution in [0.5, 0.6) is 0 Å². The summed E-state index contributed by atoms with van der Waals surface area (Å²) in [6, 6.07) is 18.7. The number of fused-ring (bicyclic) bond motifs is 1. The van der Waals surface area contributed by atoms with Gasteiger partial charge in [-0.15, -0.1) is 0 Å². The normalized spacial score (nSPS) is 18.0. The number of nitrogens with one attached hydrogen (secondary N) is 1. The molecule has 0 fully saturated rings. The van der Waals surface area contributed by atoms with Gasteiger partial charge in [0.15, 0.2) is 0 Å². The zero-order valence-corrected chi connectivity index (χ0v) is 11.5. The molecule has 3 rings (SSSR count). The van der Waals surface area contributed by atoms with Gasteiger partial charge in [0.2, 0.25) is 5.91 Å². The molecule has 1 aliphatic rings. The van der Waals surface area contributed by atoms with Gasteiger partial charge < -0.3 is 5.32 Å². The third-order valence-corrected chi connectivity index (χ3v) is 4.03. The van der Waals surface area contributed by atoms with E-state index in [-0.39, 0.29) is 11.8 Å². The SMILES string of the molecule is O=C1NCc2ccccc2CC1CCc1ccccc1. The largest absolute Gasteiger partial charge is 0.352 e. The molecule has 0 saturated heterocycles. The van der Waals surface area contributed by atoms with Crippen LogP contribution in [0.3, 0.4) is 0 Å². The Balaban J connectivity index is 1.71. The van der Waals surface area contributed by atoms with Gasteiger partial charge in [-0.05, 0) is 36.0 Å². The number of hydrogen-bond acceptors (Lipinski definition) is 1. The van der Waals surface area contributed by atoms with E-state index < -0.39 is 0 Å². The second kappa shape index (κ2) is 5.91. The standard InChI is InChI=1S/C18H19NO/c20-18-16(11-10-14-6-2-1-3-7-14)12-15-8-4-5-9-17(15)13-19-18/h1-9,16H,10-13H2,(H,19,20). The summed E-state index contributed by atoms with van der Waals surface area (Å²) in [7, 11) is 0. The monoisotopic (exact) mass is 265 g/mol. The van der Waals surface area contributed by atoms with Crippen molar-refractivity contribution in [3.63, 3.8) is 0 Å². The van der Waals surface area contributed by atoms with Crippen LogP contribution in [0.25, 0.3) is 0 Å². The van der Waals surface area contributed by atoms with Crippen LogP contribution in [-0.4, -0.2) is 5.91 Å². The lowest BCUT2D eigenvalue weighted by Gasteiger charge is -2.13. The van der Waals surface area contributed by atoms with Crippen molar-refractivity contribution >= 4 is 5.91 Å². The van der Waals surface area contributed by atoms with Crippen LogP contribution in [0.15, 0.2) is 54.6 Å². The van der Waals surface area contributed by atoms with Crippen LogP contribution in [-0.2, 0) is 24.2 Å². The fraction of sp³-hybridized carbons (Fsp3) is 0.278. The van der Waals surface area contributed by atoms with E-state index in [1.165, 1.54) is 16.7 Å². The molecule has 0 bridgehead atoms. The maximum atomic E-state index is 12.2. The van der Waals surface area contributed by atoms with E-state index in [9.17, 15) is 4.79 Å². The highest BCUT2D eigenvalue weighted by Gasteiger charge is 2.23. The molecule has 1 N–H and O–H groups in total. The molecular weight excluding hydrogens is 246 g/mol. The first-order chi connectivity index (χ1) is 9.83. The maximum absolute atomic E-state index is 12.2. The van der Waals surface area contributed by atoms with Gasteiger partial charge in [-0.1, -0.05) is 54.6 Å². The van der Waals surface area contributed by atoms with Crippen LogP contribution < -0.4 is 5.32 Å². The fourth-order valence-corrected chi connectivity index (χ4v) is 2.83. The summed E-state index contributed by atoms with van der Waals surface area (Å²) in [5.74, 6) is 0.274. The number of carbonyl (C=O) groups is 1. The predicted octanol–water partition coefficient (Wildman–Crippen LogP) is 3.11. The van der Waals surface area contributed by atoms with Crippen molar-refractivity contribution < 1.29 is 4.79 Å². The number of amides is 1. The second-order valence-corrected chi connectivity index (χ2v) is 5.41. The molecule has 0 saturated carbocycles. The molecule has 2 heteroatoms. The van der Waals surface area contributed by atoms with Gasteiger partial charge in [-0.25, -0.2) is 0 Å². The first-order valence-electron chi connectivity index (χ1n) is 7.21. The van der Waals surface area contributed by atoms with Crippen molar-refractivity contribution in [1.82, 2.24) is 5.32 Å². The van der Waals surface area contributed by atoms with E-state index in [1.54, 1.807) is 0 Å². The Morgan fingerprint density at radius 2 is 1.65 bits per heavy atom. The number of rotatable bonds is 3. The average Bonchev–Trinajstić information content (AvgIpc) is 2.66. The molecule has 2 aromatic carbocycles. The first kappa shape index (κ1) is 12.9. The van der Waals surface area contributed by atoms with Crippen molar-refractivity contribution in [2.75, 3.05) is 0 Å². The summed E-state index contributed by atoms with van der Waals surface area (Å²) in [4.78, 5) is 12.2. The van der Waals surface area contributed by atoms with E-state index in [0.29, 0.717) is 6.54 Å². The smallest absolute Gasteiger partial charge is 0.223 e. The molecule has 20 heavy (non-hydrogen) atoms. The highest BCUT2D eigenvalue weighted by molar-refractivity contribution is 5.79. The second-order valence-electron chi connectivity index (χ2n) is 5.41. The summed E-state index contributed by atoms with van der Waals surface area (Å²) < 4.78 is 0. The number of aryl methyl sites for hydroxylation is 1. The average molecular weight is 265 g/mol. The van der Waals surface area contributed by atoms with Crippen LogP contribution in [0, 0.1) is 5.92 Å². The molecule has 1 heterocycles. The first-order valence-corrected chi connectivity index (χ1v) is 7.21. The minimum atomic E-state index is 0.0823. The highest BCUT2D eigenvalue weighted by atomic mass is 16.1. The lowest BCUT2D eigenvalue weighted by molar-refractivity contribution is -0.125. The predicted molar refractivity (Wildman–Crippen MR) is 80.2 cm³/mol. The van der Waals surface area contributed by atoms with E-state index in [2.05, 4.69) is 47.8 Å². The van der Waals surface area contributed by atoms with Gasteiger partial charge in [0.25, 0.3) is 0 Å². The number of hydrogen-bond donors (Lipinski definition) is 1. The van der Waals surface area contributed by atoms with E-state index in [1.807, 2.05) is 12.1 Å². The molecule has 102 valence electrons. The molecule has 1 atom stereocenters. The van der Waals surface area contributed by atoms with Crippen molar-refractivity contribution in [2.45, 2.75) is 25.8 Å². The van der Waals surface area contributed by atoms with E-state index >= 15 is 0 Å². The molecule has 0 aliphatic carbocycles. The van der Waals surface area contributed by atoms with E-state index in [0.717, 1.165) is 19.3 Å². The van der Waals surface area contributed by atoms with Gasteiger partial charge in [0.1, 0.15) is 0 Å². The van der Waals surface area contributed by atoms with E-state index in [4.69, 9.17) is 0 Å². The Kier molecular flexibility index (Phi) is 3.82. The van der Waals surface area contributed by atoms with Crippen molar-refractivity contribution in [3.8, 4) is 0 Å². The quantitative estimate of drug-likeness (QED) is 0.907. The topological polar surface area (TPSA) is 29.1 Å². The van der Waals surface area contributed by atoms with Crippen molar-refractivity contribution in [1.29, 1.82) is 0 Å². The zero-order chi connectivity index (χ0) is 13.8. The summed E-state index contributed by atoms with van der Waals surface area (Å²) in [5.41, 5.74) is 3.87. The molecule has 1 aliphatic heterocycles. The van der Waals surface area contributed by atoms with Gasteiger partial charge >= 0.3 is 0 Å². The maximum Gasteiger partial charge on any atom is 0.223 e. The Morgan fingerprint density at radius 3 is 2.45 bits per heavy atom. The minimum Gasteiger partial charge on any atom is -0.352 e. The summed E-state index contributed by atoms with van der Waals surface area (Å²) in [6.45, 7) is 0.664. The van der Waals surface area contributed by atoms with Gasteiger partial charge in [-0.2, -0.15) is 0 Å². The molecule has 1 amide bonds. The number of benzene rings is 2. The minimum absolute atomic E-state index is 0.0823. The lowest BCUT2D eigenvalue weighted by atomic mass is 9.92.